The maximum absolute atomic E-state index is 6.58. The molecule has 0 saturated carbocycles. The Morgan fingerprint density at radius 1 is 0.465 bits per heavy atom. The number of furan rings is 1. The molecule has 1 aliphatic rings. The Kier molecular flexibility index (Phi) is 4.94. The van der Waals surface area contributed by atoms with E-state index in [0.717, 1.165) is 27.5 Å². The molecule has 1 heteroatoms. The highest BCUT2D eigenvalue weighted by molar-refractivity contribution is 6.24. The number of rotatable bonds is 2. The fraction of sp³-hybridized carbons (Fsp3) is 0.0952. The summed E-state index contributed by atoms with van der Waals surface area (Å²) in [5, 5.41) is 7.33. The van der Waals surface area contributed by atoms with Gasteiger partial charge in [0.15, 0.2) is 0 Å². The molecular weight excluding hydrogens is 520 g/mol. The molecule has 0 saturated heterocycles. The van der Waals surface area contributed by atoms with Gasteiger partial charge >= 0.3 is 0 Å². The number of benzene rings is 7. The van der Waals surface area contributed by atoms with Crippen molar-refractivity contribution >= 4 is 43.5 Å². The molecule has 1 aliphatic carbocycles. The summed E-state index contributed by atoms with van der Waals surface area (Å²) in [6, 6.07) is 46.8. The van der Waals surface area contributed by atoms with Crippen LogP contribution in [0.1, 0.15) is 30.5 Å². The summed E-state index contributed by atoms with van der Waals surface area (Å²) in [6.45, 7) is 6.91. The minimum absolute atomic E-state index is 0.0546. The Bertz CT molecular complexity index is 2440. The lowest BCUT2D eigenvalue weighted by Crippen LogP contribution is -2.14. The molecule has 0 unspecified atom stereocenters. The van der Waals surface area contributed by atoms with Crippen LogP contribution in [0.15, 0.2) is 132 Å². The summed E-state index contributed by atoms with van der Waals surface area (Å²) in [7, 11) is 0. The first-order valence-corrected chi connectivity index (χ1v) is 15.1. The molecule has 0 atom stereocenters. The third-order valence-electron chi connectivity index (χ3n) is 9.73. The molecule has 0 bridgehead atoms. The first-order valence-electron chi connectivity index (χ1n) is 15.1. The van der Waals surface area contributed by atoms with Gasteiger partial charge in [-0.1, -0.05) is 135 Å². The van der Waals surface area contributed by atoms with Gasteiger partial charge in [0.2, 0.25) is 0 Å². The van der Waals surface area contributed by atoms with Crippen molar-refractivity contribution < 1.29 is 4.42 Å². The predicted octanol–water partition coefficient (Wildman–Crippen LogP) is 11.8. The lowest BCUT2D eigenvalue weighted by molar-refractivity contribution is 0.660. The van der Waals surface area contributed by atoms with E-state index in [1.807, 2.05) is 6.07 Å². The van der Waals surface area contributed by atoms with Gasteiger partial charge in [-0.15, -0.1) is 0 Å². The van der Waals surface area contributed by atoms with Crippen LogP contribution in [0.5, 0.6) is 0 Å². The Hall–Kier alpha value is -5.14. The minimum Gasteiger partial charge on any atom is -0.455 e. The summed E-state index contributed by atoms with van der Waals surface area (Å²) in [5.41, 5.74) is 13.5. The summed E-state index contributed by atoms with van der Waals surface area (Å²) >= 11 is 0. The normalized spacial score (nSPS) is 13.7. The molecule has 9 rings (SSSR count). The highest BCUT2D eigenvalue weighted by atomic mass is 16.3. The molecule has 0 spiro atoms. The molecule has 7 aromatic carbocycles. The zero-order valence-electron chi connectivity index (χ0n) is 24.5. The molecule has 0 amide bonds. The van der Waals surface area contributed by atoms with E-state index in [0.29, 0.717) is 0 Å². The minimum atomic E-state index is -0.0546. The molecule has 0 fully saturated rings. The van der Waals surface area contributed by atoms with Crippen LogP contribution in [-0.2, 0) is 5.41 Å². The smallest absolute Gasteiger partial charge is 0.143 e. The van der Waals surface area contributed by atoms with Crippen LogP contribution in [0.25, 0.3) is 76.9 Å². The fourth-order valence-electron chi connectivity index (χ4n) is 7.70. The lowest BCUT2D eigenvalue weighted by Gasteiger charge is -2.23. The Morgan fingerprint density at radius 2 is 1.12 bits per heavy atom. The van der Waals surface area contributed by atoms with Crippen LogP contribution in [0, 0.1) is 6.92 Å². The highest BCUT2D eigenvalue weighted by Crippen LogP contribution is 2.51. The van der Waals surface area contributed by atoms with Crippen LogP contribution in [0.3, 0.4) is 0 Å². The Labute approximate surface area is 251 Å². The van der Waals surface area contributed by atoms with Crippen LogP contribution in [0.4, 0.5) is 0 Å². The number of hydrogen-bond donors (Lipinski definition) is 0. The van der Waals surface area contributed by atoms with Crippen molar-refractivity contribution in [3.8, 4) is 33.4 Å². The monoisotopic (exact) mass is 550 g/mol. The largest absolute Gasteiger partial charge is 0.455 e. The molecule has 1 heterocycles. The Morgan fingerprint density at radius 3 is 1.98 bits per heavy atom. The van der Waals surface area contributed by atoms with Gasteiger partial charge < -0.3 is 4.42 Å². The van der Waals surface area contributed by atoms with Gasteiger partial charge in [-0.25, -0.2) is 0 Å². The van der Waals surface area contributed by atoms with E-state index in [1.165, 1.54) is 66.1 Å². The quantitative estimate of drug-likeness (QED) is 0.195. The first-order chi connectivity index (χ1) is 21.0. The Balaban J connectivity index is 1.39. The van der Waals surface area contributed by atoms with Gasteiger partial charge in [-0.3, -0.25) is 0 Å². The summed E-state index contributed by atoms with van der Waals surface area (Å²) in [6.07, 6.45) is 0. The zero-order valence-corrected chi connectivity index (χ0v) is 24.5. The molecule has 0 aliphatic heterocycles. The van der Waals surface area contributed by atoms with Gasteiger partial charge in [0.25, 0.3) is 0 Å². The second-order valence-electron chi connectivity index (χ2n) is 12.6. The van der Waals surface area contributed by atoms with E-state index < -0.39 is 0 Å². The SMILES string of the molecule is Cc1ccc2c(-c3ccc4c(c3)C(C)(C)c3ccccc3-4)c3ccccc3c(-c3cccc4c3oc3ccccc34)c2c1. The maximum Gasteiger partial charge on any atom is 0.143 e. The lowest BCUT2D eigenvalue weighted by atomic mass is 9.80. The number of para-hydroxylation sites is 2. The van der Waals surface area contributed by atoms with Gasteiger partial charge in [0.1, 0.15) is 11.2 Å². The van der Waals surface area contributed by atoms with Crippen molar-refractivity contribution in [3.63, 3.8) is 0 Å². The topological polar surface area (TPSA) is 13.1 Å². The molecule has 1 aromatic heterocycles. The molecule has 8 aromatic rings. The average Bonchev–Trinajstić information content (AvgIpc) is 3.52. The van der Waals surface area contributed by atoms with Crippen molar-refractivity contribution in [2.45, 2.75) is 26.2 Å². The number of aryl methyl sites for hydroxylation is 1. The second-order valence-corrected chi connectivity index (χ2v) is 12.6. The van der Waals surface area contributed by atoms with Crippen LogP contribution >= 0.6 is 0 Å². The van der Waals surface area contributed by atoms with Crippen molar-refractivity contribution in [2.75, 3.05) is 0 Å². The van der Waals surface area contributed by atoms with Gasteiger partial charge in [-0.2, -0.15) is 0 Å². The zero-order chi connectivity index (χ0) is 28.9. The van der Waals surface area contributed by atoms with Gasteiger partial charge in [-0.05, 0) is 74.0 Å². The van der Waals surface area contributed by atoms with E-state index in [2.05, 4.69) is 142 Å². The van der Waals surface area contributed by atoms with Crippen LogP contribution < -0.4 is 0 Å². The summed E-state index contributed by atoms with van der Waals surface area (Å²) < 4.78 is 6.58. The summed E-state index contributed by atoms with van der Waals surface area (Å²) in [5.74, 6) is 0. The maximum atomic E-state index is 6.58. The molecule has 0 N–H and O–H groups in total. The van der Waals surface area contributed by atoms with Crippen molar-refractivity contribution in [1.29, 1.82) is 0 Å². The predicted molar refractivity (Wildman–Crippen MR) is 182 cm³/mol. The standard InChI is InChI=1S/C42H30O/c1-25-19-21-32-35(23-25)40(34-16-10-15-33-29-12-7-9-18-38(29)43-41(33)34)31-14-5-4-13-30(31)39(32)26-20-22-28-27-11-6-8-17-36(27)42(2,3)37(28)24-26/h4-24H,1-3H3. The molecule has 1 nitrogen and oxygen atoms in total. The molecular formula is C42H30O. The van der Waals surface area contributed by atoms with Crippen LogP contribution in [0.2, 0.25) is 0 Å². The van der Waals surface area contributed by atoms with Crippen molar-refractivity contribution in [3.05, 3.63) is 144 Å². The van der Waals surface area contributed by atoms with E-state index in [9.17, 15) is 0 Å². The van der Waals surface area contributed by atoms with E-state index in [1.54, 1.807) is 0 Å². The van der Waals surface area contributed by atoms with E-state index >= 15 is 0 Å². The fourth-order valence-corrected chi connectivity index (χ4v) is 7.70. The van der Waals surface area contributed by atoms with Crippen molar-refractivity contribution in [1.82, 2.24) is 0 Å². The second kappa shape index (κ2) is 8.69. The molecule has 43 heavy (non-hydrogen) atoms. The van der Waals surface area contributed by atoms with Crippen molar-refractivity contribution in [2.24, 2.45) is 0 Å². The molecule has 204 valence electrons. The van der Waals surface area contributed by atoms with Crippen LogP contribution in [-0.4, -0.2) is 0 Å². The third-order valence-corrected chi connectivity index (χ3v) is 9.73. The van der Waals surface area contributed by atoms with Gasteiger partial charge in [0, 0.05) is 27.3 Å². The summed E-state index contributed by atoms with van der Waals surface area (Å²) in [4.78, 5) is 0. The number of hydrogen-bond acceptors (Lipinski definition) is 1. The third kappa shape index (κ3) is 3.34. The molecule has 0 radical (unpaired) electrons. The average molecular weight is 551 g/mol. The first kappa shape index (κ1) is 24.5. The van der Waals surface area contributed by atoms with E-state index in [-0.39, 0.29) is 5.41 Å². The van der Waals surface area contributed by atoms with E-state index in [4.69, 9.17) is 4.42 Å². The number of fused-ring (bicyclic) bond motifs is 8. The highest BCUT2D eigenvalue weighted by Gasteiger charge is 2.35. The van der Waals surface area contributed by atoms with Gasteiger partial charge in [0.05, 0.1) is 0 Å².